The number of aryl methyl sites for hydroxylation is 2. The Kier molecular flexibility index (Phi) is 5.10. The minimum atomic E-state index is -0.482. The van der Waals surface area contributed by atoms with E-state index in [-0.39, 0.29) is 0 Å². The van der Waals surface area contributed by atoms with Crippen molar-refractivity contribution in [1.29, 1.82) is 0 Å². The van der Waals surface area contributed by atoms with E-state index in [4.69, 9.17) is 4.98 Å². The van der Waals surface area contributed by atoms with Crippen LogP contribution in [0.3, 0.4) is 0 Å². The highest BCUT2D eigenvalue weighted by Crippen LogP contribution is 2.28. The third-order valence-electron chi connectivity index (χ3n) is 5.29. The minimum Gasteiger partial charge on any atom is -0.387 e. The average Bonchev–Trinajstić information content (AvgIpc) is 2.98. The summed E-state index contributed by atoms with van der Waals surface area (Å²) >= 11 is 1.76. The zero-order chi connectivity index (χ0) is 19.0. The van der Waals surface area contributed by atoms with Crippen LogP contribution in [0.5, 0.6) is 0 Å². The molecule has 3 aromatic rings. The predicted molar refractivity (Wildman–Crippen MR) is 111 cm³/mol. The van der Waals surface area contributed by atoms with Crippen molar-refractivity contribution in [3.8, 4) is 0 Å². The number of anilines is 1. The highest BCUT2D eigenvalue weighted by molar-refractivity contribution is 7.98. The van der Waals surface area contributed by atoms with Gasteiger partial charge in [0, 0.05) is 23.4 Å². The zero-order valence-corrected chi connectivity index (χ0v) is 17.0. The number of hydrogen-bond donors (Lipinski definition) is 1. The van der Waals surface area contributed by atoms with Gasteiger partial charge in [0.2, 0.25) is 0 Å². The van der Waals surface area contributed by atoms with E-state index >= 15 is 0 Å². The first-order valence-electron chi connectivity index (χ1n) is 9.54. The number of benzene rings is 1. The van der Waals surface area contributed by atoms with Gasteiger partial charge in [-0.05, 0) is 61.9 Å². The summed E-state index contributed by atoms with van der Waals surface area (Å²) < 4.78 is 2.05. The summed E-state index contributed by atoms with van der Waals surface area (Å²) in [5.74, 6) is 1.02. The van der Waals surface area contributed by atoms with E-state index in [1.807, 2.05) is 17.7 Å². The maximum atomic E-state index is 10.1. The summed E-state index contributed by atoms with van der Waals surface area (Å²) in [5, 5.41) is 16.0. The van der Waals surface area contributed by atoms with Crippen molar-refractivity contribution in [2.75, 3.05) is 17.7 Å². The van der Waals surface area contributed by atoms with Crippen LogP contribution in [-0.2, 0) is 13.1 Å². The van der Waals surface area contributed by atoms with Gasteiger partial charge in [-0.2, -0.15) is 5.10 Å². The van der Waals surface area contributed by atoms with Crippen LogP contribution in [0.15, 0.2) is 35.2 Å². The fourth-order valence-corrected chi connectivity index (χ4v) is 4.14. The predicted octanol–water partition coefficient (Wildman–Crippen LogP) is 4.32. The smallest absolute Gasteiger partial charge is 0.129 e. The van der Waals surface area contributed by atoms with E-state index in [9.17, 15) is 5.11 Å². The standard InChI is InChI=1S/C21H26N4OS/c1-4-20(26)19-11-15-13-24(8-5-9-25(15)23-19)21-10-14(2)17-12-16(27-3)6-7-18(17)22-21/h6-7,10-12,20,26H,4-5,8-9,13H2,1-3H3/t20-/m0/s1. The fourth-order valence-electron chi connectivity index (χ4n) is 3.70. The number of aromatic nitrogens is 3. The molecule has 0 saturated carbocycles. The van der Waals surface area contributed by atoms with Crippen LogP contribution >= 0.6 is 11.8 Å². The number of hydrogen-bond acceptors (Lipinski definition) is 5. The first kappa shape index (κ1) is 18.3. The zero-order valence-electron chi connectivity index (χ0n) is 16.1. The van der Waals surface area contributed by atoms with Gasteiger partial charge in [0.15, 0.2) is 0 Å². The molecular weight excluding hydrogens is 356 g/mol. The van der Waals surface area contributed by atoms with Gasteiger partial charge in [-0.25, -0.2) is 4.98 Å². The molecule has 0 fully saturated rings. The lowest BCUT2D eigenvalue weighted by Gasteiger charge is -2.22. The van der Waals surface area contributed by atoms with Gasteiger partial charge in [0.25, 0.3) is 0 Å². The molecule has 142 valence electrons. The van der Waals surface area contributed by atoms with E-state index in [0.29, 0.717) is 6.42 Å². The molecule has 0 saturated heterocycles. The lowest BCUT2D eigenvalue weighted by atomic mass is 10.1. The number of aliphatic hydroxyl groups is 1. The van der Waals surface area contributed by atoms with Crippen molar-refractivity contribution in [2.45, 2.75) is 50.8 Å². The molecule has 4 rings (SSSR count). The van der Waals surface area contributed by atoms with Crippen LogP contribution in [-0.4, -0.2) is 32.7 Å². The van der Waals surface area contributed by atoms with E-state index < -0.39 is 6.10 Å². The second kappa shape index (κ2) is 7.52. The Hall–Kier alpha value is -2.05. The lowest BCUT2D eigenvalue weighted by Crippen LogP contribution is -2.23. The summed E-state index contributed by atoms with van der Waals surface area (Å²) in [5.41, 5.74) is 4.22. The largest absolute Gasteiger partial charge is 0.387 e. The Morgan fingerprint density at radius 1 is 1.22 bits per heavy atom. The van der Waals surface area contributed by atoms with Crippen LogP contribution in [0.4, 0.5) is 5.82 Å². The summed E-state index contributed by atoms with van der Waals surface area (Å²) in [4.78, 5) is 8.54. The molecular formula is C21H26N4OS. The molecule has 5 nitrogen and oxygen atoms in total. The molecule has 1 aliphatic rings. The third-order valence-corrected chi connectivity index (χ3v) is 6.02. The van der Waals surface area contributed by atoms with E-state index in [1.165, 1.54) is 15.8 Å². The van der Waals surface area contributed by atoms with Crippen LogP contribution < -0.4 is 4.90 Å². The number of fused-ring (bicyclic) bond motifs is 2. The van der Waals surface area contributed by atoms with Gasteiger partial charge >= 0.3 is 0 Å². The second-order valence-electron chi connectivity index (χ2n) is 7.16. The molecule has 0 amide bonds. The Labute approximate surface area is 164 Å². The number of rotatable bonds is 4. The van der Waals surface area contributed by atoms with E-state index in [1.54, 1.807) is 11.8 Å². The number of pyridine rings is 1. The van der Waals surface area contributed by atoms with Gasteiger partial charge < -0.3 is 10.0 Å². The molecule has 2 aromatic heterocycles. The van der Waals surface area contributed by atoms with Crippen molar-refractivity contribution in [1.82, 2.24) is 14.8 Å². The van der Waals surface area contributed by atoms with Crippen molar-refractivity contribution in [3.63, 3.8) is 0 Å². The van der Waals surface area contributed by atoms with Gasteiger partial charge in [-0.15, -0.1) is 11.8 Å². The topological polar surface area (TPSA) is 54.2 Å². The monoisotopic (exact) mass is 382 g/mol. The van der Waals surface area contributed by atoms with Gasteiger partial charge in [-0.1, -0.05) is 6.92 Å². The third kappa shape index (κ3) is 3.56. The normalized spacial score (nSPS) is 15.6. The number of nitrogens with zero attached hydrogens (tertiary/aromatic N) is 4. The van der Waals surface area contributed by atoms with Crippen molar-refractivity contribution < 1.29 is 5.11 Å². The molecule has 27 heavy (non-hydrogen) atoms. The van der Waals surface area contributed by atoms with Crippen LogP contribution in [0.2, 0.25) is 0 Å². The Bertz CT molecular complexity index is 968. The van der Waals surface area contributed by atoms with Crippen LogP contribution in [0.25, 0.3) is 10.9 Å². The molecule has 0 unspecified atom stereocenters. The van der Waals surface area contributed by atoms with Crippen LogP contribution in [0, 0.1) is 6.92 Å². The Balaban J connectivity index is 1.67. The molecule has 3 heterocycles. The molecule has 0 radical (unpaired) electrons. The molecule has 0 bridgehead atoms. The summed E-state index contributed by atoms with van der Waals surface area (Å²) in [6.45, 7) is 6.74. The minimum absolute atomic E-state index is 0.482. The molecule has 1 aliphatic heterocycles. The molecule has 1 aromatic carbocycles. The Morgan fingerprint density at radius 3 is 2.85 bits per heavy atom. The SMILES string of the molecule is CC[C@H](O)c1cc2n(n1)CCCN(c1cc(C)c3cc(SC)ccc3n1)C2. The molecule has 0 spiro atoms. The first-order chi connectivity index (χ1) is 13.1. The number of thioether (sulfide) groups is 1. The van der Waals surface area contributed by atoms with E-state index in [2.05, 4.69) is 47.4 Å². The summed E-state index contributed by atoms with van der Waals surface area (Å²) in [6.07, 6.45) is 3.32. The van der Waals surface area contributed by atoms with Gasteiger partial charge in [0.05, 0.1) is 29.6 Å². The highest BCUT2D eigenvalue weighted by Gasteiger charge is 2.20. The van der Waals surface area contributed by atoms with Crippen molar-refractivity contribution in [3.05, 3.63) is 47.3 Å². The quantitative estimate of drug-likeness (QED) is 0.681. The molecule has 1 atom stereocenters. The highest BCUT2D eigenvalue weighted by atomic mass is 32.2. The molecule has 6 heteroatoms. The fraction of sp³-hybridized carbons (Fsp3) is 0.429. The van der Waals surface area contributed by atoms with Gasteiger partial charge in [-0.3, -0.25) is 4.68 Å². The average molecular weight is 383 g/mol. The van der Waals surface area contributed by atoms with E-state index in [0.717, 1.165) is 48.8 Å². The summed E-state index contributed by atoms with van der Waals surface area (Å²) in [7, 11) is 0. The van der Waals surface area contributed by atoms with Crippen molar-refractivity contribution >= 4 is 28.5 Å². The summed E-state index contributed by atoms with van der Waals surface area (Å²) in [6, 6.07) is 10.7. The van der Waals surface area contributed by atoms with Crippen molar-refractivity contribution in [2.24, 2.45) is 0 Å². The van der Waals surface area contributed by atoms with Gasteiger partial charge in [0.1, 0.15) is 5.82 Å². The maximum Gasteiger partial charge on any atom is 0.129 e. The molecule has 0 aliphatic carbocycles. The second-order valence-corrected chi connectivity index (χ2v) is 8.04. The molecule has 1 N–H and O–H groups in total. The van der Waals surface area contributed by atoms with Crippen LogP contribution in [0.1, 0.15) is 42.8 Å². The first-order valence-corrected chi connectivity index (χ1v) is 10.8. The lowest BCUT2D eigenvalue weighted by molar-refractivity contribution is 0.168. The Morgan fingerprint density at radius 2 is 2.07 bits per heavy atom. The number of aliphatic hydroxyl groups excluding tert-OH is 1. The maximum absolute atomic E-state index is 10.1.